The second kappa shape index (κ2) is 15.7. The first kappa shape index (κ1) is 16.7. The van der Waals surface area contributed by atoms with Crippen LogP contribution in [-0.4, -0.2) is 6.79 Å². The molecule has 0 spiro atoms. The molecule has 0 aromatic heterocycles. The Morgan fingerprint density at radius 2 is 0.800 bits per heavy atom. The molecular formula is C13H16ORu. The van der Waals surface area contributed by atoms with Gasteiger partial charge in [-0.15, -0.1) is 0 Å². The number of allylic oxidation sites excluding steroid dienone is 8. The summed E-state index contributed by atoms with van der Waals surface area (Å²) in [5.74, 6) is 0. The summed E-state index contributed by atoms with van der Waals surface area (Å²) in [6.45, 7) is 4.50. The molecule has 0 atom stereocenters. The van der Waals surface area contributed by atoms with Gasteiger partial charge in [0, 0.05) is 19.5 Å². The summed E-state index contributed by atoms with van der Waals surface area (Å²) in [7, 11) is 0. The molecule has 2 rings (SSSR count). The molecule has 0 aromatic rings. The monoisotopic (exact) mass is 290 g/mol. The molecule has 0 amide bonds. The van der Waals surface area contributed by atoms with Crippen LogP contribution in [0.5, 0.6) is 0 Å². The topological polar surface area (TPSA) is 17.1 Å². The summed E-state index contributed by atoms with van der Waals surface area (Å²) in [5.41, 5.74) is 0. The molecule has 0 saturated heterocycles. The Morgan fingerprint density at radius 3 is 0.867 bits per heavy atom. The van der Waals surface area contributed by atoms with Crippen molar-refractivity contribution in [3.05, 3.63) is 48.6 Å². The van der Waals surface area contributed by atoms with Gasteiger partial charge in [-0.25, -0.2) is 0 Å². The summed E-state index contributed by atoms with van der Waals surface area (Å²) >= 11 is 0. The molecule has 82 valence electrons. The molecule has 0 unspecified atom stereocenters. The largest absolute Gasteiger partial charge is 0.281 e. The van der Waals surface area contributed by atoms with Gasteiger partial charge in [0.25, 0.3) is 6.79 Å². The van der Waals surface area contributed by atoms with Crippen LogP contribution in [0.1, 0.15) is 25.7 Å². The van der Waals surface area contributed by atoms with Gasteiger partial charge in [0.1, 0.15) is 0 Å². The van der Waals surface area contributed by atoms with Gasteiger partial charge in [0.2, 0.25) is 0 Å². The summed E-state index contributed by atoms with van der Waals surface area (Å²) in [4.78, 5) is 7.50. The molecule has 2 aliphatic rings. The number of carbonyl (C=O) groups excluding carboxylic acids is 1. The molecule has 2 radical (unpaired) electrons. The predicted molar refractivity (Wildman–Crippen MR) is 60.7 cm³/mol. The first-order valence-electron chi connectivity index (χ1n) is 4.84. The second-order valence-corrected chi connectivity index (χ2v) is 2.87. The Hall–Kier alpha value is -0.747. The summed E-state index contributed by atoms with van der Waals surface area (Å²) in [5, 5.41) is 0. The van der Waals surface area contributed by atoms with Crippen molar-refractivity contribution in [3.8, 4) is 0 Å². The standard InChI is InChI=1S/2C6H8.CO.Ru/c2*1-2-4-6-5-3-1;1-2;/h2*1-4H,5-6H2;;. The second-order valence-electron chi connectivity index (χ2n) is 2.87. The van der Waals surface area contributed by atoms with Gasteiger partial charge in [-0.2, -0.15) is 0 Å². The zero-order valence-electron chi connectivity index (χ0n) is 8.71. The van der Waals surface area contributed by atoms with E-state index in [1.54, 1.807) is 0 Å². The quantitative estimate of drug-likeness (QED) is 0.625. The van der Waals surface area contributed by atoms with Crippen LogP contribution in [0.3, 0.4) is 0 Å². The molecule has 0 heterocycles. The van der Waals surface area contributed by atoms with Crippen molar-refractivity contribution in [3.63, 3.8) is 0 Å². The fourth-order valence-electron chi connectivity index (χ4n) is 1.08. The van der Waals surface area contributed by atoms with Crippen molar-refractivity contribution in [1.29, 1.82) is 0 Å². The summed E-state index contributed by atoms with van der Waals surface area (Å²) in [6.07, 6.45) is 22.0. The Kier molecular flexibility index (Phi) is 17.5. The van der Waals surface area contributed by atoms with E-state index in [0.717, 1.165) is 0 Å². The molecule has 0 aromatic carbocycles. The molecule has 0 fully saturated rings. The number of rotatable bonds is 0. The maximum atomic E-state index is 7.50. The normalized spacial score (nSPS) is 15.2. The van der Waals surface area contributed by atoms with Crippen LogP contribution in [0.25, 0.3) is 0 Å². The minimum absolute atomic E-state index is 0. The van der Waals surface area contributed by atoms with Crippen LogP contribution >= 0.6 is 0 Å². The molecule has 0 saturated carbocycles. The van der Waals surface area contributed by atoms with Gasteiger partial charge in [-0.3, -0.25) is 4.79 Å². The van der Waals surface area contributed by atoms with Gasteiger partial charge in [0.05, 0.1) is 0 Å². The van der Waals surface area contributed by atoms with Crippen LogP contribution in [0, 0.1) is 0 Å². The maximum Gasteiger partial charge on any atom is 0.281 e. The third kappa shape index (κ3) is 13.3. The Labute approximate surface area is 105 Å². The van der Waals surface area contributed by atoms with E-state index in [0.29, 0.717) is 0 Å². The molecular weight excluding hydrogens is 273 g/mol. The van der Waals surface area contributed by atoms with Crippen molar-refractivity contribution < 1.29 is 24.3 Å². The maximum absolute atomic E-state index is 7.50. The van der Waals surface area contributed by atoms with Gasteiger partial charge in [0.15, 0.2) is 0 Å². The third-order valence-corrected chi connectivity index (χ3v) is 1.77. The van der Waals surface area contributed by atoms with Crippen molar-refractivity contribution >= 4 is 6.79 Å². The van der Waals surface area contributed by atoms with Crippen LogP contribution in [-0.2, 0) is 24.3 Å². The van der Waals surface area contributed by atoms with E-state index in [-0.39, 0.29) is 19.5 Å². The average molecular weight is 289 g/mol. The third-order valence-electron chi connectivity index (χ3n) is 1.77. The van der Waals surface area contributed by atoms with Gasteiger partial charge >= 0.3 is 0 Å². The Bertz CT molecular complexity index is 179. The molecule has 0 aliphatic heterocycles. The fourth-order valence-corrected chi connectivity index (χ4v) is 1.08. The molecule has 2 aliphatic carbocycles. The van der Waals surface area contributed by atoms with Gasteiger partial charge < -0.3 is 0 Å². The Morgan fingerprint density at radius 1 is 0.600 bits per heavy atom. The fraction of sp³-hybridized carbons (Fsp3) is 0.308. The summed E-state index contributed by atoms with van der Waals surface area (Å²) in [6, 6.07) is 0. The van der Waals surface area contributed by atoms with E-state index >= 15 is 0 Å². The first-order chi connectivity index (χ1) is 7.00. The van der Waals surface area contributed by atoms with E-state index in [9.17, 15) is 0 Å². The predicted octanol–water partition coefficient (Wildman–Crippen LogP) is 3.39. The van der Waals surface area contributed by atoms with Crippen molar-refractivity contribution in [2.45, 2.75) is 25.7 Å². The Balaban J connectivity index is 0. The van der Waals surface area contributed by atoms with E-state index in [1.807, 2.05) is 0 Å². The zero-order valence-corrected chi connectivity index (χ0v) is 10.4. The molecule has 1 nitrogen and oxygen atoms in total. The minimum Gasteiger partial charge on any atom is -0.281 e. The number of hydrogen-bond donors (Lipinski definition) is 0. The smallest absolute Gasteiger partial charge is 0.281 e. The zero-order chi connectivity index (χ0) is 10.5. The van der Waals surface area contributed by atoms with Gasteiger partial charge in [-0.1, -0.05) is 48.6 Å². The van der Waals surface area contributed by atoms with Crippen LogP contribution in [0.2, 0.25) is 0 Å². The molecule has 0 N–H and O–H groups in total. The van der Waals surface area contributed by atoms with Crippen LogP contribution < -0.4 is 0 Å². The molecule has 2 heteroatoms. The van der Waals surface area contributed by atoms with Crippen molar-refractivity contribution in [2.75, 3.05) is 0 Å². The molecule has 0 bridgehead atoms. The number of hydrogen-bond acceptors (Lipinski definition) is 1. The van der Waals surface area contributed by atoms with Gasteiger partial charge in [-0.05, 0) is 25.7 Å². The van der Waals surface area contributed by atoms with Crippen LogP contribution in [0.15, 0.2) is 48.6 Å². The van der Waals surface area contributed by atoms with E-state index in [4.69, 9.17) is 4.79 Å². The summed E-state index contributed by atoms with van der Waals surface area (Å²) < 4.78 is 0. The minimum atomic E-state index is 0. The van der Waals surface area contributed by atoms with Crippen molar-refractivity contribution in [1.82, 2.24) is 0 Å². The SMILES string of the molecule is C1=CCCC=C1.C1=CCCC=C1.[C]=O.[Ru]. The molecule has 15 heavy (non-hydrogen) atoms. The van der Waals surface area contributed by atoms with Crippen LogP contribution in [0.4, 0.5) is 0 Å². The van der Waals surface area contributed by atoms with E-state index < -0.39 is 0 Å². The average Bonchev–Trinajstić information content (AvgIpc) is 2.37. The van der Waals surface area contributed by atoms with E-state index in [2.05, 4.69) is 55.4 Å². The first-order valence-corrected chi connectivity index (χ1v) is 4.84. The van der Waals surface area contributed by atoms with E-state index in [1.165, 1.54) is 25.7 Å². The van der Waals surface area contributed by atoms with Crippen molar-refractivity contribution in [2.24, 2.45) is 0 Å².